The molecule has 0 radical (unpaired) electrons. The van der Waals surface area contributed by atoms with Gasteiger partial charge in [0.05, 0.1) is 0 Å². The second kappa shape index (κ2) is 6.88. The maximum absolute atomic E-state index is 12.6. The van der Waals surface area contributed by atoms with Gasteiger partial charge in [-0.15, -0.1) is 0 Å². The lowest BCUT2D eigenvalue weighted by Crippen LogP contribution is -2.05. The van der Waals surface area contributed by atoms with Crippen LogP contribution in [0, 0.1) is 0 Å². The number of fused-ring (bicyclic) bond motifs is 1. The summed E-state index contributed by atoms with van der Waals surface area (Å²) in [6.45, 7) is 3.82. The van der Waals surface area contributed by atoms with Crippen molar-refractivity contribution in [2.75, 3.05) is 0 Å². The summed E-state index contributed by atoms with van der Waals surface area (Å²) in [6, 6.07) is 7.97. The highest BCUT2D eigenvalue weighted by molar-refractivity contribution is 9.10. The summed E-state index contributed by atoms with van der Waals surface area (Å²) in [4.78, 5) is 12.6. The number of phenols is 2. The third-order valence-corrected chi connectivity index (χ3v) is 4.55. The van der Waals surface area contributed by atoms with E-state index in [1.54, 1.807) is 24.3 Å². The fourth-order valence-electron chi connectivity index (χ4n) is 2.68. The van der Waals surface area contributed by atoms with Crippen LogP contribution in [-0.2, 0) is 6.42 Å². The van der Waals surface area contributed by atoms with Gasteiger partial charge in [0.15, 0.2) is 5.76 Å². The van der Waals surface area contributed by atoms with Gasteiger partial charge in [0.2, 0.25) is 11.2 Å². The molecular weight excluding hydrogens is 400 g/mol. The predicted molar refractivity (Wildman–Crippen MR) is 104 cm³/mol. The first-order chi connectivity index (χ1) is 12.3. The molecule has 0 aliphatic rings. The molecule has 0 aliphatic carbocycles. The van der Waals surface area contributed by atoms with Crippen LogP contribution in [0.25, 0.3) is 22.3 Å². The van der Waals surface area contributed by atoms with Crippen molar-refractivity contribution < 1.29 is 19.7 Å². The molecule has 6 heteroatoms. The van der Waals surface area contributed by atoms with E-state index >= 15 is 0 Å². The summed E-state index contributed by atoms with van der Waals surface area (Å²) in [7, 11) is 0. The standard InChI is InChI=1S/C20H17BrO5/c1-10(2)3-8-13-14(22)9-15(23)16-17(24)18(25)19(26-20(13)16)11-4-6-12(21)7-5-11/h3-7,9,22-23,25H,8H2,1-2H3. The molecule has 2 aromatic carbocycles. The topological polar surface area (TPSA) is 90.9 Å². The second-order valence-corrected chi connectivity index (χ2v) is 7.11. The smallest absolute Gasteiger partial charge is 0.238 e. The van der Waals surface area contributed by atoms with Crippen LogP contribution in [0.5, 0.6) is 17.2 Å². The van der Waals surface area contributed by atoms with Crippen LogP contribution in [-0.4, -0.2) is 15.3 Å². The molecule has 3 N–H and O–H groups in total. The molecule has 1 aromatic heterocycles. The molecular formula is C20H17BrO5. The zero-order valence-corrected chi connectivity index (χ0v) is 15.8. The zero-order valence-electron chi connectivity index (χ0n) is 14.2. The average Bonchev–Trinajstić information content (AvgIpc) is 2.57. The summed E-state index contributed by atoms with van der Waals surface area (Å²) >= 11 is 3.33. The van der Waals surface area contributed by atoms with Crippen LogP contribution in [0.1, 0.15) is 19.4 Å². The minimum absolute atomic E-state index is 0.0153. The average molecular weight is 417 g/mol. The highest BCUT2D eigenvalue weighted by atomic mass is 79.9. The lowest BCUT2D eigenvalue weighted by Gasteiger charge is -2.11. The Morgan fingerprint density at radius 3 is 2.38 bits per heavy atom. The number of allylic oxidation sites excluding steroid dienone is 2. The van der Waals surface area contributed by atoms with E-state index in [2.05, 4.69) is 15.9 Å². The lowest BCUT2D eigenvalue weighted by atomic mass is 10.0. The van der Waals surface area contributed by atoms with Gasteiger partial charge in [-0.1, -0.05) is 27.6 Å². The summed E-state index contributed by atoms with van der Waals surface area (Å²) in [5.74, 6) is -1.22. The second-order valence-electron chi connectivity index (χ2n) is 6.20. The Bertz CT molecular complexity index is 1070. The number of rotatable bonds is 3. The molecule has 0 saturated heterocycles. The van der Waals surface area contributed by atoms with Crippen LogP contribution < -0.4 is 5.43 Å². The normalized spacial score (nSPS) is 10.9. The van der Waals surface area contributed by atoms with Crippen molar-refractivity contribution in [3.63, 3.8) is 0 Å². The van der Waals surface area contributed by atoms with Crippen molar-refractivity contribution in [3.05, 3.63) is 62.2 Å². The quantitative estimate of drug-likeness (QED) is 0.530. The fourth-order valence-corrected chi connectivity index (χ4v) is 2.94. The third-order valence-electron chi connectivity index (χ3n) is 4.02. The van der Waals surface area contributed by atoms with E-state index in [-0.39, 0.29) is 22.5 Å². The largest absolute Gasteiger partial charge is 0.507 e. The third kappa shape index (κ3) is 3.20. The molecule has 26 heavy (non-hydrogen) atoms. The van der Waals surface area contributed by atoms with E-state index in [9.17, 15) is 20.1 Å². The van der Waals surface area contributed by atoms with Crippen molar-refractivity contribution in [1.82, 2.24) is 0 Å². The molecule has 3 aromatic rings. The molecule has 3 rings (SSSR count). The Labute approximate surface area is 158 Å². The van der Waals surface area contributed by atoms with Gasteiger partial charge in [0, 0.05) is 21.7 Å². The maximum Gasteiger partial charge on any atom is 0.238 e. The Hall–Kier alpha value is -2.73. The van der Waals surface area contributed by atoms with Gasteiger partial charge in [0.25, 0.3) is 0 Å². The highest BCUT2D eigenvalue weighted by Crippen LogP contribution is 2.38. The number of benzene rings is 2. The van der Waals surface area contributed by atoms with E-state index in [0.717, 1.165) is 16.1 Å². The number of halogens is 1. The van der Waals surface area contributed by atoms with Crippen molar-refractivity contribution >= 4 is 26.9 Å². The Balaban J connectivity index is 2.37. The summed E-state index contributed by atoms with van der Waals surface area (Å²) in [5.41, 5.74) is 1.20. The molecule has 0 saturated carbocycles. The van der Waals surface area contributed by atoms with Gasteiger partial charge in [-0.3, -0.25) is 4.79 Å². The van der Waals surface area contributed by atoms with Crippen LogP contribution in [0.2, 0.25) is 0 Å². The predicted octanol–water partition coefficient (Wildman–Crippen LogP) is 4.85. The van der Waals surface area contributed by atoms with Gasteiger partial charge in [0.1, 0.15) is 22.5 Å². The summed E-state index contributed by atoms with van der Waals surface area (Å²) < 4.78 is 6.65. The van der Waals surface area contributed by atoms with Gasteiger partial charge >= 0.3 is 0 Å². The molecule has 0 atom stereocenters. The summed E-state index contributed by atoms with van der Waals surface area (Å²) in [6.07, 6.45) is 2.19. The molecule has 0 unspecified atom stereocenters. The highest BCUT2D eigenvalue weighted by Gasteiger charge is 2.22. The van der Waals surface area contributed by atoms with Crippen LogP contribution in [0.3, 0.4) is 0 Å². The van der Waals surface area contributed by atoms with Crippen molar-refractivity contribution in [3.8, 4) is 28.6 Å². The first-order valence-corrected chi connectivity index (χ1v) is 8.71. The van der Waals surface area contributed by atoms with E-state index in [1.165, 1.54) is 0 Å². The molecule has 0 bridgehead atoms. The number of hydrogen-bond acceptors (Lipinski definition) is 5. The van der Waals surface area contributed by atoms with Gasteiger partial charge < -0.3 is 19.7 Å². The van der Waals surface area contributed by atoms with E-state index < -0.39 is 16.9 Å². The van der Waals surface area contributed by atoms with Gasteiger partial charge in [-0.05, 0) is 44.5 Å². The molecule has 0 amide bonds. The minimum atomic E-state index is -0.750. The molecule has 0 aliphatic heterocycles. The summed E-state index contributed by atoms with van der Waals surface area (Å²) in [5, 5.41) is 30.5. The molecule has 0 spiro atoms. The van der Waals surface area contributed by atoms with E-state index in [1.807, 2.05) is 19.9 Å². The number of phenolic OH excluding ortho intramolecular Hbond substituents is 2. The van der Waals surface area contributed by atoms with Crippen molar-refractivity contribution in [2.45, 2.75) is 20.3 Å². The van der Waals surface area contributed by atoms with E-state index in [4.69, 9.17) is 4.42 Å². The minimum Gasteiger partial charge on any atom is -0.507 e. The lowest BCUT2D eigenvalue weighted by molar-refractivity contribution is 0.435. The Kier molecular flexibility index (Phi) is 4.78. The molecule has 1 heterocycles. The van der Waals surface area contributed by atoms with Crippen molar-refractivity contribution in [1.29, 1.82) is 0 Å². The van der Waals surface area contributed by atoms with Crippen molar-refractivity contribution in [2.24, 2.45) is 0 Å². The van der Waals surface area contributed by atoms with E-state index in [0.29, 0.717) is 17.5 Å². The molecule has 0 fully saturated rings. The maximum atomic E-state index is 12.6. The fraction of sp³-hybridized carbons (Fsp3) is 0.150. The first kappa shape index (κ1) is 18.1. The van der Waals surface area contributed by atoms with Gasteiger partial charge in [-0.2, -0.15) is 0 Å². The zero-order chi connectivity index (χ0) is 19.0. The Morgan fingerprint density at radius 2 is 1.77 bits per heavy atom. The monoisotopic (exact) mass is 416 g/mol. The number of aromatic hydroxyl groups is 3. The SMILES string of the molecule is CC(C)=CCc1c(O)cc(O)c2c(=O)c(O)c(-c3ccc(Br)cc3)oc12. The van der Waals surface area contributed by atoms with Crippen LogP contribution >= 0.6 is 15.9 Å². The molecule has 5 nitrogen and oxygen atoms in total. The van der Waals surface area contributed by atoms with Gasteiger partial charge in [-0.25, -0.2) is 0 Å². The van der Waals surface area contributed by atoms with Crippen LogP contribution in [0.4, 0.5) is 0 Å². The van der Waals surface area contributed by atoms with Crippen LogP contribution in [0.15, 0.2) is 55.7 Å². The molecule has 134 valence electrons. The number of hydrogen-bond donors (Lipinski definition) is 3. The first-order valence-electron chi connectivity index (χ1n) is 7.92. The Morgan fingerprint density at radius 1 is 1.12 bits per heavy atom.